The van der Waals surface area contributed by atoms with Gasteiger partial charge in [-0.15, -0.1) is 0 Å². The van der Waals surface area contributed by atoms with Gasteiger partial charge in [0.1, 0.15) is 11.3 Å². The number of carbonyl (C=O) groups is 2. The normalized spacial score (nSPS) is 11.6. The van der Waals surface area contributed by atoms with Gasteiger partial charge in [-0.05, 0) is 43.2 Å². The van der Waals surface area contributed by atoms with Crippen molar-refractivity contribution < 1.29 is 19.4 Å². The number of amides is 1. The average Bonchev–Trinajstić information content (AvgIpc) is 2.55. The second-order valence-electron chi connectivity index (χ2n) is 5.39. The molecule has 0 aromatic heterocycles. The standard InChI is InChI=1S/C18H18BrNO4/c1-11-4-3-5-15(17(11)22)18(23)24-10-16(21)20-12(2)13-6-8-14(19)9-7-13/h3-9,12,22H,10H2,1-2H3,(H,20,21)/t12-/m0/s1. The number of nitrogens with one attached hydrogen (secondary N) is 1. The Morgan fingerprint density at radius 3 is 2.54 bits per heavy atom. The summed E-state index contributed by atoms with van der Waals surface area (Å²) in [6, 6.07) is 12.1. The smallest absolute Gasteiger partial charge is 0.342 e. The third kappa shape index (κ3) is 4.58. The van der Waals surface area contributed by atoms with E-state index in [-0.39, 0.29) is 17.4 Å². The monoisotopic (exact) mass is 391 g/mol. The fraction of sp³-hybridized carbons (Fsp3) is 0.222. The van der Waals surface area contributed by atoms with E-state index < -0.39 is 18.5 Å². The highest BCUT2D eigenvalue weighted by molar-refractivity contribution is 9.10. The number of halogens is 1. The van der Waals surface area contributed by atoms with Gasteiger partial charge in [-0.2, -0.15) is 0 Å². The zero-order valence-electron chi connectivity index (χ0n) is 13.4. The van der Waals surface area contributed by atoms with Crippen molar-refractivity contribution in [3.8, 4) is 5.75 Å². The van der Waals surface area contributed by atoms with E-state index in [1.165, 1.54) is 6.07 Å². The molecule has 0 aliphatic rings. The van der Waals surface area contributed by atoms with E-state index in [4.69, 9.17) is 4.74 Å². The molecular formula is C18H18BrNO4. The number of benzene rings is 2. The first-order chi connectivity index (χ1) is 11.4. The first kappa shape index (κ1) is 18.0. The molecule has 0 fully saturated rings. The molecule has 2 N–H and O–H groups in total. The van der Waals surface area contributed by atoms with Gasteiger partial charge in [-0.1, -0.05) is 40.2 Å². The molecule has 24 heavy (non-hydrogen) atoms. The molecule has 5 nitrogen and oxygen atoms in total. The summed E-state index contributed by atoms with van der Waals surface area (Å²) < 4.78 is 5.92. The molecule has 0 heterocycles. The van der Waals surface area contributed by atoms with Crippen LogP contribution in [0.15, 0.2) is 46.9 Å². The number of rotatable bonds is 5. The summed E-state index contributed by atoms with van der Waals surface area (Å²) in [5, 5.41) is 12.6. The molecule has 1 amide bonds. The number of aryl methyl sites for hydroxylation is 1. The molecule has 6 heteroatoms. The largest absolute Gasteiger partial charge is 0.507 e. The summed E-state index contributed by atoms with van der Waals surface area (Å²) in [7, 11) is 0. The Labute approximate surface area is 148 Å². The number of hydrogen-bond acceptors (Lipinski definition) is 4. The number of phenols is 1. The van der Waals surface area contributed by atoms with Gasteiger partial charge in [0.15, 0.2) is 6.61 Å². The number of aromatic hydroxyl groups is 1. The van der Waals surface area contributed by atoms with Crippen LogP contribution >= 0.6 is 15.9 Å². The van der Waals surface area contributed by atoms with Crippen molar-refractivity contribution in [2.75, 3.05) is 6.61 Å². The van der Waals surface area contributed by atoms with E-state index in [0.717, 1.165) is 10.0 Å². The maximum absolute atomic E-state index is 11.9. The van der Waals surface area contributed by atoms with Crippen molar-refractivity contribution in [2.45, 2.75) is 19.9 Å². The highest BCUT2D eigenvalue weighted by atomic mass is 79.9. The quantitative estimate of drug-likeness (QED) is 0.764. The van der Waals surface area contributed by atoms with Crippen LogP contribution in [0, 0.1) is 6.92 Å². The van der Waals surface area contributed by atoms with Crippen LogP contribution in [-0.2, 0) is 9.53 Å². The van der Waals surface area contributed by atoms with Crippen LogP contribution in [0.2, 0.25) is 0 Å². The maximum Gasteiger partial charge on any atom is 0.342 e. The Kier molecular flexibility index (Phi) is 5.98. The molecule has 2 aromatic carbocycles. The molecule has 0 aliphatic carbocycles. The minimum absolute atomic E-state index is 0.0451. The summed E-state index contributed by atoms with van der Waals surface area (Å²) in [4.78, 5) is 23.9. The lowest BCUT2D eigenvalue weighted by Gasteiger charge is -2.14. The van der Waals surface area contributed by atoms with Gasteiger partial charge in [0.05, 0.1) is 6.04 Å². The van der Waals surface area contributed by atoms with Crippen molar-refractivity contribution in [1.82, 2.24) is 5.32 Å². The van der Waals surface area contributed by atoms with Gasteiger partial charge in [-0.25, -0.2) is 4.79 Å². The number of esters is 1. The highest BCUT2D eigenvalue weighted by Gasteiger charge is 2.16. The van der Waals surface area contributed by atoms with Gasteiger partial charge < -0.3 is 15.2 Å². The van der Waals surface area contributed by atoms with E-state index in [9.17, 15) is 14.7 Å². The van der Waals surface area contributed by atoms with E-state index >= 15 is 0 Å². The predicted octanol–water partition coefficient (Wildman–Crippen LogP) is 3.50. The summed E-state index contributed by atoms with van der Waals surface area (Å²) in [5.41, 5.74) is 1.55. The molecule has 126 valence electrons. The summed E-state index contributed by atoms with van der Waals surface area (Å²) >= 11 is 3.35. The third-order valence-corrected chi connectivity index (χ3v) is 4.07. The molecular weight excluding hydrogens is 374 g/mol. The van der Waals surface area contributed by atoms with E-state index in [1.54, 1.807) is 19.1 Å². The second kappa shape index (κ2) is 7.97. The minimum Gasteiger partial charge on any atom is -0.507 e. The summed E-state index contributed by atoms with van der Waals surface area (Å²) in [6.07, 6.45) is 0. The second-order valence-corrected chi connectivity index (χ2v) is 6.30. The van der Waals surface area contributed by atoms with Crippen LogP contribution in [0.25, 0.3) is 0 Å². The van der Waals surface area contributed by atoms with Crippen molar-refractivity contribution in [1.29, 1.82) is 0 Å². The summed E-state index contributed by atoms with van der Waals surface area (Å²) in [6.45, 7) is 3.11. The van der Waals surface area contributed by atoms with Crippen molar-refractivity contribution in [2.24, 2.45) is 0 Å². The predicted molar refractivity (Wildman–Crippen MR) is 93.8 cm³/mol. The Morgan fingerprint density at radius 1 is 1.21 bits per heavy atom. The van der Waals surface area contributed by atoms with Gasteiger partial charge in [0.2, 0.25) is 0 Å². The Bertz CT molecular complexity index is 743. The van der Waals surface area contributed by atoms with Crippen LogP contribution in [0.1, 0.15) is 34.5 Å². The molecule has 0 saturated heterocycles. The fourth-order valence-corrected chi connectivity index (χ4v) is 2.41. The third-order valence-electron chi connectivity index (χ3n) is 3.54. The van der Waals surface area contributed by atoms with E-state index in [1.807, 2.05) is 31.2 Å². The zero-order chi connectivity index (χ0) is 17.7. The molecule has 0 aliphatic heterocycles. The SMILES string of the molecule is Cc1cccc(C(=O)OCC(=O)N[C@@H](C)c2ccc(Br)cc2)c1O. The maximum atomic E-state index is 11.9. The average molecular weight is 392 g/mol. The molecule has 0 radical (unpaired) electrons. The van der Waals surface area contributed by atoms with Gasteiger partial charge >= 0.3 is 5.97 Å². The van der Waals surface area contributed by atoms with Crippen LogP contribution in [0.4, 0.5) is 0 Å². The van der Waals surface area contributed by atoms with Gasteiger partial charge in [0, 0.05) is 4.47 Å². The zero-order valence-corrected chi connectivity index (χ0v) is 15.0. The van der Waals surface area contributed by atoms with E-state index in [0.29, 0.717) is 5.56 Å². The first-order valence-corrected chi connectivity index (χ1v) is 8.18. The summed E-state index contributed by atoms with van der Waals surface area (Å²) in [5.74, 6) is -1.28. The minimum atomic E-state index is -0.734. The first-order valence-electron chi connectivity index (χ1n) is 7.39. The van der Waals surface area contributed by atoms with Gasteiger partial charge in [0.25, 0.3) is 5.91 Å². The lowest BCUT2D eigenvalue weighted by Crippen LogP contribution is -2.31. The molecule has 0 saturated carbocycles. The highest BCUT2D eigenvalue weighted by Crippen LogP contribution is 2.22. The lowest BCUT2D eigenvalue weighted by atomic mass is 10.1. The molecule has 0 bridgehead atoms. The molecule has 0 spiro atoms. The number of phenolic OH excluding ortho intramolecular Hbond substituents is 1. The van der Waals surface area contributed by atoms with Crippen molar-refractivity contribution in [3.63, 3.8) is 0 Å². The van der Waals surface area contributed by atoms with E-state index in [2.05, 4.69) is 21.2 Å². The van der Waals surface area contributed by atoms with Crippen molar-refractivity contribution in [3.05, 3.63) is 63.6 Å². The van der Waals surface area contributed by atoms with Gasteiger partial charge in [-0.3, -0.25) is 4.79 Å². The Balaban J connectivity index is 1.89. The molecule has 2 rings (SSSR count). The van der Waals surface area contributed by atoms with Crippen LogP contribution in [0.3, 0.4) is 0 Å². The van der Waals surface area contributed by atoms with Crippen molar-refractivity contribution >= 4 is 27.8 Å². The Morgan fingerprint density at radius 2 is 1.88 bits per heavy atom. The topological polar surface area (TPSA) is 75.6 Å². The van der Waals surface area contributed by atoms with Crippen LogP contribution in [-0.4, -0.2) is 23.6 Å². The number of para-hydroxylation sites is 1. The lowest BCUT2D eigenvalue weighted by molar-refractivity contribution is -0.124. The molecule has 1 atom stereocenters. The number of ether oxygens (including phenoxy) is 1. The fourth-order valence-electron chi connectivity index (χ4n) is 2.15. The van der Waals surface area contributed by atoms with Crippen LogP contribution in [0.5, 0.6) is 5.75 Å². The number of carbonyl (C=O) groups excluding carboxylic acids is 2. The Hall–Kier alpha value is -2.34. The molecule has 0 unspecified atom stereocenters. The molecule has 2 aromatic rings. The number of hydrogen-bond donors (Lipinski definition) is 2. The van der Waals surface area contributed by atoms with Crippen LogP contribution < -0.4 is 5.32 Å².